The summed E-state index contributed by atoms with van der Waals surface area (Å²) in [5.74, 6) is -0.368. The van der Waals surface area contributed by atoms with Gasteiger partial charge in [-0.05, 0) is 49.6 Å². The highest BCUT2D eigenvalue weighted by molar-refractivity contribution is 7.11. The third kappa shape index (κ3) is 6.53. The van der Waals surface area contributed by atoms with Crippen LogP contribution in [0.25, 0.3) is 16.8 Å². The molecule has 0 unspecified atom stereocenters. The number of ether oxygens (including phenoxy) is 1. The number of thiazole rings is 1. The molecule has 33 heavy (non-hydrogen) atoms. The highest BCUT2D eigenvalue weighted by Gasteiger charge is 2.13. The Kier molecular flexibility index (Phi) is 8.79. The molecule has 0 aliphatic carbocycles. The van der Waals surface area contributed by atoms with Crippen LogP contribution in [-0.4, -0.2) is 17.6 Å². The SMILES string of the molecule is CCCCCCOC(=O)c1ccccc1N/C=C(\C#N)c1nc(-c2ccc(C)c(C)c2)cs1. The maximum atomic E-state index is 12.5. The number of aromatic nitrogens is 1. The van der Waals surface area contributed by atoms with Crippen molar-refractivity contribution >= 4 is 28.6 Å². The second kappa shape index (κ2) is 12.0. The Labute approximate surface area is 199 Å². The van der Waals surface area contributed by atoms with Gasteiger partial charge >= 0.3 is 5.97 Å². The van der Waals surface area contributed by atoms with E-state index in [1.807, 2.05) is 17.5 Å². The number of nitriles is 1. The Morgan fingerprint density at radius 3 is 2.73 bits per heavy atom. The van der Waals surface area contributed by atoms with Gasteiger partial charge in [-0.1, -0.05) is 50.5 Å². The molecule has 6 heteroatoms. The van der Waals surface area contributed by atoms with Crippen LogP contribution in [0.1, 0.15) is 59.1 Å². The zero-order valence-corrected chi connectivity index (χ0v) is 20.2. The summed E-state index contributed by atoms with van der Waals surface area (Å²) in [5, 5.41) is 15.4. The first kappa shape index (κ1) is 24.2. The monoisotopic (exact) mass is 459 g/mol. The third-order valence-corrected chi connectivity index (χ3v) is 6.28. The van der Waals surface area contributed by atoms with E-state index < -0.39 is 0 Å². The van der Waals surface area contributed by atoms with Crippen molar-refractivity contribution in [2.45, 2.75) is 46.5 Å². The Morgan fingerprint density at radius 1 is 1.15 bits per heavy atom. The Balaban J connectivity index is 1.72. The van der Waals surface area contributed by atoms with E-state index in [9.17, 15) is 10.1 Å². The fourth-order valence-electron chi connectivity index (χ4n) is 3.28. The average Bonchev–Trinajstić information content (AvgIpc) is 3.31. The average molecular weight is 460 g/mol. The summed E-state index contributed by atoms with van der Waals surface area (Å²) in [4.78, 5) is 17.2. The quantitative estimate of drug-likeness (QED) is 0.198. The summed E-state index contributed by atoms with van der Waals surface area (Å²) < 4.78 is 5.43. The van der Waals surface area contributed by atoms with Crippen LogP contribution in [0.3, 0.4) is 0 Å². The van der Waals surface area contributed by atoms with E-state index in [0.717, 1.165) is 36.9 Å². The standard InChI is InChI=1S/C27H29N3O2S/c1-4-5-6-9-14-32-27(31)23-10-7-8-11-24(23)29-17-22(16-28)26-30-25(18-33-26)21-13-12-19(2)20(3)15-21/h7-8,10-13,15,17-18,29H,4-6,9,14H2,1-3H3/b22-17+. The highest BCUT2D eigenvalue weighted by Crippen LogP contribution is 2.27. The van der Waals surface area contributed by atoms with E-state index in [1.165, 1.54) is 22.5 Å². The number of allylic oxidation sites excluding steroid dienone is 1. The Bertz CT molecular complexity index is 1170. The summed E-state index contributed by atoms with van der Waals surface area (Å²) in [6.07, 6.45) is 5.78. The molecule has 1 N–H and O–H groups in total. The van der Waals surface area contributed by atoms with Gasteiger partial charge in [0.25, 0.3) is 0 Å². The molecule has 0 aliphatic heterocycles. The molecule has 3 aromatic rings. The molecular weight excluding hydrogens is 430 g/mol. The number of nitrogens with zero attached hydrogens (tertiary/aromatic N) is 2. The molecule has 0 aliphatic rings. The van der Waals surface area contributed by atoms with Gasteiger partial charge < -0.3 is 10.1 Å². The molecule has 0 fully saturated rings. The number of para-hydroxylation sites is 1. The van der Waals surface area contributed by atoms with Gasteiger partial charge in [-0.15, -0.1) is 11.3 Å². The van der Waals surface area contributed by atoms with Crippen LogP contribution in [0.2, 0.25) is 0 Å². The molecule has 0 atom stereocenters. The van der Waals surface area contributed by atoms with Crippen LogP contribution < -0.4 is 5.32 Å². The minimum absolute atomic E-state index is 0.368. The topological polar surface area (TPSA) is 75.0 Å². The maximum Gasteiger partial charge on any atom is 0.340 e. The first-order valence-electron chi connectivity index (χ1n) is 11.2. The first-order valence-corrected chi connectivity index (χ1v) is 12.1. The number of rotatable bonds is 10. The number of benzene rings is 2. The smallest absolute Gasteiger partial charge is 0.340 e. The van der Waals surface area contributed by atoms with Crippen molar-refractivity contribution in [3.8, 4) is 17.3 Å². The molecule has 0 radical (unpaired) electrons. The minimum Gasteiger partial charge on any atom is -0.462 e. The highest BCUT2D eigenvalue weighted by atomic mass is 32.1. The van der Waals surface area contributed by atoms with Crippen molar-refractivity contribution in [3.63, 3.8) is 0 Å². The number of nitrogens with one attached hydrogen (secondary N) is 1. The van der Waals surface area contributed by atoms with Crippen molar-refractivity contribution in [1.82, 2.24) is 4.98 Å². The summed E-state index contributed by atoms with van der Waals surface area (Å²) >= 11 is 1.42. The van der Waals surface area contributed by atoms with E-state index in [4.69, 9.17) is 4.74 Å². The van der Waals surface area contributed by atoms with Crippen LogP contribution in [0.4, 0.5) is 5.69 Å². The van der Waals surface area contributed by atoms with Crippen LogP contribution in [0.15, 0.2) is 54.0 Å². The predicted octanol–water partition coefficient (Wildman–Crippen LogP) is 7.14. The molecule has 1 aromatic heterocycles. The summed E-state index contributed by atoms with van der Waals surface area (Å²) in [6.45, 7) is 6.71. The lowest BCUT2D eigenvalue weighted by molar-refractivity contribution is 0.0499. The number of carbonyl (C=O) groups excluding carboxylic acids is 1. The van der Waals surface area contributed by atoms with Gasteiger partial charge in [0.1, 0.15) is 16.6 Å². The number of esters is 1. The van der Waals surface area contributed by atoms with Crippen LogP contribution >= 0.6 is 11.3 Å². The molecule has 0 saturated carbocycles. The van der Waals surface area contributed by atoms with Crippen LogP contribution in [0.5, 0.6) is 0 Å². The fourth-order valence-corrected chi connectivity index (χ4v) is 4.08. The molecule has 1 heterocycles. The predicted molar refractivity (Wildman–Crippen MR) is 135 cm³/mol. The molecule has 5 nitrogen and oxygen atoms in total. The maximum absolute atomic E-state index is 12.5. The van der Waals surface area contributed by atoms with E-state index in [0.29, 0.717) is 28.4 Å². The van der Waals surface area contributed by atoms with Crippen LogP contribution in [-0.2, 0) is 4.74 Å². The lowest BCUT2D eigenvalue weighted by Gasteiger charge is -2.09. The minimum atomic E-state index is -0.368. The Hall–Kier alpha value is -3.43. The van der Waals surface area contributed by atoms with Crippen molar-refractivity contribution < 1.29 is 9.53 Å². The molecule has 0 saturated heterocycles. The summed E-state index contributed by atoms with van der Waals surface area (Å²) in [6, 6.07) is 15.6. The number of hydrogen-bond donors (Lipinski definition) is 1. The third-order valence-electron chi connectivity index (χ3n) is 5.41. The number of carbonyl (C=O) groups is 1. The Morgan fingerprint density at radius 2 is 1.97 bits per heavy atom. The van der Waals surface area contributed by atoms with Gasteiger partial charge in [0.15, 0.2) is 0 Å². The van der Waals surface area contributed by atoms with E-state index >= 15 is 0 Å². The second-order valence-electron chi connectivity index (χ2n) is 7.89. The molecule has 3 rings (SSSR count). The van der Waals surface area contributed by atoms with Crippen molar-refractivity contribution in [3.05, 3.63) is 75.7 Å². The van der Waals surface area contributed by atoms with Gasteiger partial charge in [-0.3, -0.25) is 0 Å². The van der Waals surface area contributed by atoms with Gasteiger partial charge in [-0.25, -0.2) is 9.78 Å². The summed E-state index contributed by atoms with van der Waals surface area (Å²) in [7, 11) is 0. The second-order valence-corrected chi connectivity index (χ2v) is 8.75. The summed E-state index contributed by atoms with van der Waals surface area (Å²) in [5.41, 5.74) is 5.73. The zero-order valence-electron chi connectivity index (χ0n) is 19.4. The molecule has 0 amide bonds. The molecule has 0 bridgehead atoms. The molecular formula is C27H29N3O2S. The van der Waals surface area contributed by atoms with Crippen molar-refractivity contribution in [1.29, 1.82) is 5.26 Å². The van der Waals surface area contributed by atoms with E-state index in [-0.39, 0.29) is 5.97 Å². The first-order chi connectivity index (χ1) is 16.0. The number of anilines is 1. The lowest BCUT2D eigenvalue weighted by atomic mass is 10.1. The van der Waals surface area contributed by atoms with Gasteiger partial charge in [-0.2, -0.15) is 5.26 Å². The van der Waals surface area contributed by atoms with Gasteiger partial charge in [0, 0.05) is 17.1 Å². The molecule has 2 aromatic carbocycles. The number of hydrogen-bond acceptors (Lipinski definition) is 6. The van der Waals surface area contributed by atoms with Gasteiger partial charge in [0.05, 0.1) is 23.6 Å². The number of aryl methyl sites for hydroxylation is 2. The van der Waals surface area contributed by atoms with E-state index in [1.54, 1.807) is 24.4 Å². The van der Waals surface area contributed by atoms with Crippen molar-refractivity contribution in [2.75, 3.05) is 11.9 Å². The lowest BCUT2D eigenvalue weighted by Crippen LogP contribution is -2.09. The zero-order chi connectivity index (χ0) is 23.6. The largest absolute Gasteiger partial charge is 0.462 e. The van der Waals surface area contributed by atoms with Crippen molar-refractivity contribution in [2.24, 2.45) is 0 Å². The van der Waals surface area contributed by atoms with E-state index in [2.05, 4.69) is 49.3 Å². The molecule has 0 spiro atoms. The normalized spacial score (nSPS) is 11.2. The fraction of sp³-hybridized carbons (Fsp3) is 0.296. The van der Waals surface area contributed by atoms with Crippen LogP contribution in [0, 0.1) is 25.2 Å². The molecule has 170 valence electrons. The van der Waals surface area contributed by atoms with Gasteiger partial charge in [0.2, 0.25) is 0 Å². The number of unbranched alkanes of at least 4 members (excludes halogenated alkanes) is 3.